The third-order valence-corrected chi connectivity index (χ3v) is 3.67. The van der Waals surface area contributed by atoms with Gasteiger partial charge in [0.2, 0.25) is 0 Å². The number of amides is 2. The summed E-state index contributed by atoms with van der Waals surface area (Å²) in [5.41, 5.74) is 0. The van der Waals surface area contributed by atoms with Gasteiger partial charge in [0, 0.05) is 26.2 Å². The van der Waals surface area contributed by atoms with Gasteiger partial charge in [-0.2, -0.15) is 0 Å². The van der Waals surface area contributed by atoms with Crippen LogP contribution in [-0.2, 0) is 4.79 Å². The van der Waals surface area contributed by atoms with E-state index in [2.05, 4.69) is 0 Å². The molecule has 17 heavy (non-hydrogen) atoms. The van der Waals surface area contributed by atoms with Crippen LogP contribution in [0, 0.1) is 5.92 Å². The van der Waals surface area contributed by atoms with Gasteiger partial charge in [0.1, 0.15) is 0 Å². The zero-order chi connectivity index (χ0) is 13.0. The molecule has 1 fully saturated rings. The van der Waals surface area contributed by atoms with Crippen LogP contribution >= 0.6 is 0 Å². The normalized spacial score (nSPS) is 18.9. The molecule has 1 saturated heterocycles. The number of rotatable bonds is 3. The average molecular weight is 242 g/mol. The number of likely N-dealkylation sites (tertiary alicyclic amines) is 1. The molecule has 0 spiro atoms. The molecule has 1 unspecified atom stereocenters. The first-order valence-corrected chi connectivity index (χ1v) is 6.21. The van der Waals surface area contributed by atoms with Crippen molar-refractivity contribution in [2.75, 3.05) is 20.1 Å². The van der Waals surface area contributed by atoms with E-state index in [0.29, 0.717) is 25.9 Å². The van der Waals surface area contributed by atoms with Gasteiger partial charge in [-0.1, -0.05) is 6.92 Å². The first-order valence-electron chi connectivity index (χ1n) is 6.21. The zero-order valence-electron chi connectivity index (χ0n) is 10.8. The Morgan fingerprint density at radius 1 is 1.41 bits per heavy atom. The lowest BCUT2D eigenvalue weighted by Gasteiger charge is -2.35. The molecule has 0 bridgehead atoms. The van der Waals surface area contributed by atoms with E-state index in [0.717, 1.165) is 6.42 Å². The van der Waals surface area contributed by atoms with Crippen molar-refractivity contribution in [1.29, 1.82) is 0 Å². The monoisotopic (exact) mass is 242 g/mol. The van der Waals surface area contributed by atoms with E-state index in [1.54, 1.807) is 16.8 Å². The molecule has 1 rings (SSSR count). The Hall–Kier alpha value is -1.26. The predicted octanol–water partition coefficient (Wildman–Crippen LogP) is 1.63. The van der Waals surface area contributed by atoms with E-state index >= 15 is 0 Å². The first kappa shape index (κ1) is 13.8. The molecule has 0 aromatic rings. The van der Waals surface area contributed by atoms with Gasteiger partial charge >= 0.3 is 12.0 Å². The third kappa shape index (κ3) is 3.35. The Morgan fingerprint density at radius 2 is 1.94 bits per heavy atom. The quantitative estimate of drug-likeness (QED) is 0.818. The highest BCUT2D eigenvalue weighted by molar-refractivity contribution is 5.75. The molecule has 1 N–H and O–H groups in total. The second kappa shape index (κ2) is 5.89. The van der Waals surface area contributed by atoms with E-state index in [1.165, 1.54) is 0 Å². The molecule has 2 amide bonds. The van der Waals surface area contributed by atoms with Gasteiger partial charge in [-0.25, -0.2) is 4.79 Å². The molecular weight excluding hydrogens is 220 g/mol. The number of urea groups is 1. The summed E-state index contributed by atoms with van der Waals surface area (Å²) in [5.74, 6) is -1.03. The van der Waals surface area contributed by atoms with E-state index in [4.69, 9.17) is 5.11 Å². The van der Waals surface area contributed by atoms with E-state index < -0.39 is 5.97 Å². The summed E-state index contributed by atoms with van der Waals surface area (Å²) >= 11 is 0. The van der Waals surface area contributed by atoms with Crippen LogP contribution in [0.15, 0.2) is 0 Å². The number of hydrogen-bond donors (Lipinski definition) is 1. The molecular formula is C12H22N2O3. The van der Waals surface area contributed by atoms with Crippen LogP contribution < -0.4 is 0 Å². The topological polar surface area (TPSA) is 60.9 Å². The number of carboxylic acids is 1. The third-order valence-electron chi connectivity index (χ3n) is 3.67. The number of aliphatic carboxylic acids is 1. The van der Waals surface area contributed by atoms with Gasteiger partial charge in [-0.05, 0) is 26.2 Å². The van der Waals surface area contributed by atoms with Crippen LogP contribution in [0.2, 0.25) is 0 Å². The van der Waals surface area contributed by atoms with Gasteiger partial charge in [0.25, 0.3) is 0 Å². The second-order valence-electron chi connectivity index (χ2n) is 4.75. The van der Waals surface area contributed by atoms with Crippen molar-refractivity contribution in [2.24, 2.45) is 5.92 Å². The van der Waals surface area contributed by atoms with Crippen molar-refractivity contribution < 1.29 is 14.7 Å². The highest BCUT2D eigenvalue weighted by Crippen LogP contribution is 2.18. The molecule has 0 saturated carbocycles. The Bertz CT molecular complexity index is 285. The number of carbonyl (C=O) groups excluding carboxylic acids is 1. The lowest BCUT2D eigenvalue weighted by Crippen LogP contribution is -2.48. The molecule has 5 heteroatoms. The summed E-state index contributed by atoms with van der Waals surface area (Å²) < 4.78 is 0. The van der Waals surface area contributed by atoms with Crippen LogP contribution in [0.25, 0.3) is 0 Å². The smallest absolute Gasteiger partial charge is 0.319 e. The fraction of sp³-hybridized carbons (Fsp3) is 0.833. The predicted molar refractivity (Wildman–Crippen MR) is 64.8 cm³/mol. The minimum Gasteiger partial charge on any atom is -0.481 e. The van der Waals surface area contributed by atoms with Crippen molar-refractivity contribution in [3.05, 3.63) is 0 Å². The summed E-state index contributed by atoms with van der Waals surface area (Å²) in [6, 6.07) is 0.239. The lowest BCUT2D eigenvalue weighted by molar-refractivity contribution is -0.143. The molecule has 0 aromatic carbocycles. The van der Waals surface area contributed by atoms with Crippen molar-refractivity contribution in [2.45, 2.75) is 39.2 Å². The van der Waals surface area contributed by atoms with Crippen LogP contribution in [0.1, 0.15) is 33.1 Å². The molecule has 1 atom stereocenters. The SMILES string of the molecule is CCC(C)N(C)C(=O)N1CCC(C(=O)O)CC1. The van der Waals surface area contributed by atoms with Crippen LogP contribution in [0.4, 0.5) is 4.79 Å². The molecule has 1 heterocycles. The number of piperidine rings is 1. The maximum absolute atomic E-state index is 12.1. The number of hydrogen-bond acceptors (Lipinski definition) is 2. The Labute approximate surface area is 102 Å². The van der Waals surface area contributed by atoms with Crippen LogP contribution in [-0.4, -0.2) is 53.1 Å². The second-order valence-corrected chi connectivity index (χ2v) is 4.75. The van der Waals surface area contributed by atoms with Crippen LogP contribution in [0.3, 0.4) is 0 Å². The summed E-state index contributed by atoms with van der Waals surface area (Å²) in [7, 11) is 1.81. The summed E-state index contributed by atoms with van der Waals surface area (Å²) in [6.45, 7) is 5.17. The fourth-order valence-electron chi connectivity index (χ4n) is 2.00. The van der Waals surface area contributed by atoms with Crippen LogP contribution in [0.5, 0.6) is 0 Å². The van der Waals surface area contributed by atoms with Gasteiger partial charge in [-0.3, -0.25) is 4.79 Å². The van der Waals surface area contributed by atoms with Crippen molar-refractivity contribution in [3.8, 4) is 0 Å². The minimum atomic E-state index is -0.743. The van der Waals surface area contributed by atoms with Gasteiger partial charge in [0.05, 0.1) is 5.92 Å². The Balaban J connectivity index is 2.48. The zero-order valence-corrected chi connectivity index (χ0v) is 10.8. The summed E-state index contributed by atoms with van der Waals surface area (Å²) in [4.78, 5) is 26.4. The first-order chi connectivity index (χ1) is 7.97. The summed E-state index contributed by atoms with van der Waals surface area (Å²) in [6.07, 6.45) is 2.05. The van der Waals surface area contributed by atoms with Crippen molar-refractivity contribution >= 4 is 12.0 Å². The molecule has 0 radical (unpaired) electrons. The molecule has 0 aliphatic carbocycles. The maximum atomic E-state index is 12.1. The molecule has 0 aromatic heterocycles. The van der Waals surface area contributed by atoms with E-state index in [-0.39, 0.29) is 18.0 Å². The largest absolute Gasteiger partial charge is 0.481 e. The molecule has 1 aliphatic rings. The Kier molecular flexibility index (Phi) is 4.78. The van der Waals surface area contributed by atoms with E-state index in [9.17, 15) is 9.59 Å². The van der Waals surface area contributed by atoms with Crippen molar-refractivity contribution in [3.63, 3.8) is 0 Å². The maximum Gasteiger partial charge on any atom is 0.319 e. The fourth-order valence-corrected chi connectivity index (χ4v) is 2.00. The summed E-state index contributed by atoms with van der Waals surface area (Å²) in [5, 5.41) is 8.88. The highest BCUT2D eigenvalue weighted by Gasteiger charge is 2.29. The molecule has 5 nitrogen and oxygen atoms in total. The number of nitrogens with zero attached hydrogens (tertiary/aromatic N) is 2. The minimum absolute atomic E-state index is 0.0168. The number of carbonyl (C=O) groups is 2. The standard InChI is InChI=1S/C12H22N2O3/c1-4-9(2)13(3)12(17)14-7-5-10(6-8-14)11(15)16/h9-10H,4-8H2,1-3H3,(H,15,16). The molecule has 1 aliphatic heterocycles. The highest BCUT2D eigenvalue weighted by atomic mass is 16.4. The van der Waals surface area contributed by atoms with Gasteiger partial charge in [0.15, 0.2) is 0 Å². The number of carboxylic acid groups (broad SMARTS) is 1. The Morgan fingerprint density at radius 3 is 2.35 bits per heavy atom. The van der Waals surface area contributed by atoms with Crippen molar-refractivity contribution in [1.82, 2.24) is 9.80 Å². The average Bonchev–Trinajstić information content (AvgIpc) is 2.36. The lowest BCUT2D eigenvalue weighted by atomic mass is 9.97. The molecule has 98 valence electrons. The van der Waals surface area contributed by atoms with Gasteiger partial charge in [-0.15, -0.1) is 0 Å². The van der Waals surface area contributed by atoms with E-state index in [1.807, 2.05) is 13.8 Å². The van der Waals surface area contributed by atoms with Gasteiger partial charge < -0.3 is 14.9 Å².